The van der Waals surface area contributed by atoms with Crippen molar-refractivity contribution >= 4 is 40.5 Å². The Morgan fingerprint density at radius 3 is 1.28 bits per heavy atom. The van der Waals surface area contributed by atoms with Gasteiger partial charge in [-0.25, -0.2) is 0 Å². The van der Waals surface area contributed by atoms with Crippen LogP contribution in [-0.2, 0) is 8.85 Å². The van der Waals surface area contributed by atoms with E-state index >= 15 is 0 Å². The molecule has 6 aromatic rings. The van der Waals surface area contributed by atoms with E-state index < -0.39 is 8.56 Å². The zero-order valence-corrected chi connectivity index (χ0v) is 25.1. The van der Waals surface area contributed by atoms with Crippen LogP contribution in [0.3, 0.4) is 0 Å². The second kappa shape index (κ2) is 12.4. The molecule has 0 saturated heterocycles. The van der Waals surface area contributed by atoms with Gasteiger partial charge >= 0.3 is 8.56 Å². The summed E-state index contributed by atoms with van der Waals surface area (Å²) in [5.41, 5.74) is 2.13. The lowest BCUT2D eigenvalue weighted by molar-refractivity contribution is 0.166. The molecule has 0 unspecified atom stereocenters. The highest BCUT2D eigenvalue weighted by molar-refractivity contribution is 6.92. The summed E-state index contributed by atoms with van der Waals surface area (Å²) in [5.74, 6) is 1.70. The van der Waals surface area contributed by atoms with Crippen molar-refractivity contribution < 1.29 is 18.3 Å². The first-order chi connectivity index (χ1) is 21.3. The lowest BCUT2D eigenvalue weighted by Gasteiger charge is -2.31. The van der Waals surface area contributed by atoms with Crippen molar-refractivity contribution in [1.29, 1.82) is 0 Å². The minimum Gasteiger partial charge on any atom is -0.493 e. The van der Waals surface area contributed by atoms with E-state index in [-0.39, 0.29) is 0 Å². The zero-order chi connectivity index (χ0) is 28.9. The van der Waals surface area contributed by atoms with Crippen LogP contribution in [-0.4, -0.2) is 35.0 Å². The molecule has 0 aromatic heterocycles. The molecule has 0 atom stereocenters. The topological polar surface area (TPSA) is 36.9 Å². The van der Waals surface area contributed by atoms with Gasteiger partial charge in [0.2, 0.25) is 0 Å². The van der Waals surface area contributed by atoms with Crippen LogP contribution in [0.5, 0.6) is 11.5 Å². The average molecular weight is 583 g/mol. The summed E-state index contributed by atoms with van der Waals surface area (Å²) in [4.78, 5) is 0. The molecular formula is C38H34O4Si. The maximum Gasteiger partial charge on any atom is 0.407 e. The molecule has 43 heavy (non-hydrogen) atoms. The Hall–Kier alpha value is -4.42. The normalized spacial score (nSPS) is 15.7. The molecule has 0 spiro atoms. The Morgan fingerprint density at radius 2 is 0.814 bits per heavy atom. The molecule has 0 N–H and O–H groups in total. The highest BCUT2D eigenvalue weighted by Crippen LogP contribution is 2.45. The van der Waals surface area contributed by atoms with E-state index in [4.69, 9.17) is 18.3 Å². The number of hydrogen-bond donors (Lipinski definition) is 0. The van der Waals surface area contributed by atoms with Crippen molar-refractivity contribution in [3.8, 4) is 22.6 Å². The van der Waals surface area contributed by atoms with Crippen LogP contribution < -0.4 is 19.8 Å². The van der Waals surface area contributed by atoms with Gasteiger partial charge in [-0.1, -0.05) is 121 Å². The van der Waals surface area contributed by atoms with Gasteiger partial charge in [0.15, 0.2) is 0 Å². The second-order valence-corrected chi connectivity index (χ2v) is 13.7. The van der Waals surface area contributed by atoms with Crippen molar-refractivity contribution in [2.45, 2.75) is 12.8 Å². The summed E-state index contributed by atoms with van der Waals surface area (Å²) in [6, 6.07) is 46.3. The van der Waals surface area contributed by atoms with Crippen LogP contribution >= 0.6 is 0 Å². The number of fused-ring (bicyclic) bond motifs is 7. The Balaban J connectivity index is 1.31. The quantitative estimate of drug-likeness (QED) is 0.198. The second-order valence-electron chi connectivity index (χ2n) is 10.8. The number of ether oxygens (including phenoxy) is 2. The molecule has 1 aliphatic rings. The monoisotopic (exact) mass is 582 g/mol. The molecule has 214 valence electrons. The van der Waals surface area contributed by atoms with Crippen LogP contribution in [0.15, 0.2) is 133 Å². The molecule has 0 fully saturated rings. The lowest BCUT2D eigenvalue weighted by Crippen LogP contribution is -2.63. The van der Waals surface area contributed by atoms with Crippen molar-refractivity contribution in [2.75, 3.05) is 26.4 Å². The Bertz CT molecular complexity index is 1700. The third kappa shape index (κ3) is 5.43. The predicted octanol–water partition coefficient (Wildman–Crippen LogP) is 7.50. The van der Waals surface area contributed by atoms with E-state index in [1.807, 2.05) is 12.1 Å². The largest absolute Gasteiger partial charge is 0.493 e. The molecule has 5 heteroatoms. The van der Waals surface area contributed by atoms with Gasteiger partial charge in [0.05, 0.1) is 13.2 Å². The molecular weight excluding hydrogens is 549 g/mol. The summed E-state index contributed by atoms with van der Waals surface area (Å²) in [6.07, 6.45) is 1.45. The predicted molar refractivity (Wildman–Crippen MR) is 177 cm³/mol. The minimum absolute atomic E-state index is 0.514. The van der Waals surface area contributed by atoms with Gasteiger partial charge in [-0.05, 0) is 44.1 Å². The summed E-state index contributed by atoms with van der Waals surface area (Å²) in [6.45, 7) is 2.07. The first-order valence-corrected chi connectivity index (χ1v) is 16.8. The fraction of sp³-hybridized carbons (Fsp3) is 0.158. The van der Waals surface area contributed by atoms with Crippen LogP contribution in [0.25, 0.3) is 32.7 Å². The van der Waals surface area contributed by atoms with Crippen molar-refractivity contribution in [3.63, 3.8) is 0 Å². The Kier molecular flexibility index (Phi) is 7.93. The molecule has 0 saturated carbocycles. The number of hydrogen-bond acceptors (Lipinski definition) is 4. The molecule has 1 heterocycles. The van der Waals surface area contributed by atoms with Gasteiger partial charge in [0.1, 0.15) is 11.5 Å². The van der Waals surface area contributed by atoms with E-state index in [0.29, 0.717) is 26.4 Å². The fourth-order valence-corrected chi connectivity index (χ4v) is 9.24. The van der Waals surface area contributed by atoms with E-state index in [2.05, 4.69) is 121 Å². The molecule has 0 radical (unpaired) electrons. The van der Waals surface area contributed by atoms with Crippen molar-refractivity contribution in [2.24, 2.45) is 0 Å². The third-order valence-electron chi connectivity index (χ3n) is 8.04. The molecule has 4 nitrogen and oxygen atoms in total. The molecule has 0 aliphatic carbocycles. The number of rotatable bonds is 2. The molecule has 1 aliphatic heterocycles. The van der Waals surface area contributed by atoms with Gasteiger partial charge in [-0.3, -0.25) is 0 Å². The lowest BCUT2D eigenvalue weighted by atomic mass is 9.92. The van der Waals surface area contributed by atoms with Gasteiger partial charge < -0.3 is 18.3 Å². The molecule has 7 rings (SSSR count). The van der Waals surface area contributed by atoms with Crippen LogP contribution in [0, 0.1) is 0 Å². The first kappa shape index (κ1) is 27.4. The van der Waals surface area contributed by atoms with E-state index in [1.165, 1.54) is 10.8 Å². The maximum absolute atomic E-state index is 6.85. The van der Waals surface area contributed by atoms with Crippen LogP contribution in [0.4, 0.5) is 0 Å². The van der Waals surface area contributed by atoms with Crippen molar-refractivity contribution in [3.05, 3.63) is 133 Å². The summed E-state index contributed by atoms with van der Waals surface area (Å²) < 4.78 is 26.9. The van der Waals surface area contributed by atoms with E-state index in [0.717, 1.165) is 56.6 Å². The Labute approximate surface area is 253 Å². The summed E-state index contributed by atoms with van der Waals surface area (Å²) >= 11 is 0. The van der Waals surface area contributed by atoms with E-state index in [1.54, 1.807) is 0 Å². The molecule has 0 bridgehead atoms. The minimum atomic E-state index is -2.98. The summed E-state index contributed by atoms with van der Waals surface area (Å²) in [7, 11) is -2.98. The number of benzene rings is 6. The van der Waals surface area contributed by atoms with Crippen LogP contribution in [0.1, 0.15) is 12.8 Å². The van der Waals surface area contributed by atoms with Gasteiger partial charge in [-0.15, -0.1) is 0 Å². The maximum atomic E-state index is 6.85. The van der Waals surface area contributed by atoms with Crippen LogP contribution in [0.2, 0.25) is 0 Å². The highest BCUT2D eigenvalue weighted by atomic mass is 28.4. The van der Waals surface area contributed by atoms with Gasteiger partial charge in [-0.2, -0.15) is 0 Å². The summed E-state index contributed by atoms with van der Waals surface area (Å²) in [5, 5.41) is 6.82. The third-order valence-corrected chi connectivity index (χ3v) is 11.5. The van der Waals surface area contributed by atoms with Crippen molar-refractivity contribution in [1.82, 2.24) is 0 Å². The van der Waals surface area contributed by atoms with Gasteiger partial charge in [0.25, 0.3) is 0 Å². The highest BCUT2D eigenvalue weighted by Gasteiger charge is 2.42. The average Bonchev–Trinajstić information content (AvgIpc) is 3.08. The van der Waals surface area contributed by atoms with Gasteiger partial charge in [0, 0.05) is 37.2 Å². The van der Waals surface area contributed by atoms with E-state index in [9.17, 15) is 0 Å². The standard InChI is InChI=1S/C38H34O4Si/c1-3-15-31(16-4-1)43(32-17-5-2-6-18-32)41-27-11-25-39-35-23-21-29-13-7-9-19-33(29)37(35)38-34-20-10-8-14-30(34)22-24-36(38)40-26-12-28-42-43/h1-10,13-24H,11-12,25-28H2. The fourth-order valence-electron chi connectivity index (χ4n) is 6.03. The SMILES string of the molecule is c1ccc([Si]2(c3ccccc3)OCCCOc3ccc4ccccc4c3-c3c(ccc4ccccc34)OCCCO2)cc1. The Morgan fingerprint density at radius 1 is 0.395 bits per heavy atom. The smallest absolute Gasteiger partial charge is 0.407 e. The molecule has 0 amide bonds. The first-order valence-electron chi connectivity index (χ1n) is 15.0. The zero-order valence-electron chi connectivity index (χ0n) is 24.1. The molecule has 6 aromatic carbocycles.